The number of nitrogens with two attached hydrogens (primary N) is 2. The van der Waals surface area contributed by atoms with Crippen LogP contribution in [-0.4, -0.2) is 105 Å². The van der Waals surface area contributed by atoms with Crippen molar-refractivity contribution in [2.45, 2.75) is 88.8 Å². The van der Waals surface area contributed by atoms with Gasteiger partial charge in [0.1, 0.15) is 30.2 Å². The third-order valence-electron chi connectivity index (χ3n) is 12.9. The van der Waals surface area contributed by atoms with Crippen LogP contribution in [0.4, 0.5) is 9.59 Å². The summed E-state index contributed by atoms with van der Waals surface area (Å²) < 4.78 is 11.9. The number of alkyl carbamates (subject to hydrolysis) is 1. The molecule has 0 saturated heterocycles. The van der Waals surface area contributed by atoms with Crippen molar-refractivity contribution in [1.29, 1.82) is 0 Å². The number of aromatic hydroxyl groups is 1. The molecule has 3 atom stereocenters. The number of amides is 7. The minimum atomic E-state index is -0.989. The lowest BCUT2D eigenvalue weighted by molar-refractivity contribution is -0.129. The number of nitrogens with zero attached hydrogens (tertiary/aromatic N) is 1. The van der Waals surface area contributed by atoms with Crippen LogP contribution in [0.5, 0.6) is 11.5 Å². The van der Waals surface area contributed by atoms with Gasteiger partial charge >= 0.3 is 12.1 Å². The zero-order chi connectivity index (χ0) is 54.8. The van der Waals surface area contributed by atoms with Gasteiger partial charge in [-0.15, -0.1) is 0 Å². The number of unbranched alkanes of at least 4 members (excludes halogenated alkanes) is 2. The Morgan fingerprint density at radius 3 is 1.97 bits per heavy atom. The lowest BCUT2D eigenvalue weighted by Gasteiger charge is -2.24. The number of benzene rings is 5. The predicted molar refractivity (Wildman–Crippen MR) is 295 cm³/mol. The minimum absolute atomic E-state index is 0.0876. The lowest BCUT2D eigenvalue weighted by Crippen LogP contribution is -2.48. The molecule has 0 bridgehead atoms. The zero-order valence-electron chi connectivity index (χ0n) is 43.6. The number of carbonyl (C=O) groups excluding carboxylic acids is 6. The Kier molecular flexibility index (Phi) is 23.1. The van der Waals surface area contributed by atoms with Crippen LogP contribution in [0.25, 0.3) is 11.1 Å². The second kappa shape index (κ2) is 30.8. The summed E-state index contributed by atoms with van der Waals surface area (Å²) in [5, 5.41) is 29.4. The molecule has 19 heteroatoms. The summed E-state index contributed by atoms with van der Waals surface area (Å²) in [6.07, 6.45) is 3.12. The first-order valence-corrected chi connectivity index (χ1v) is 26.3. The van der Waals surface area contributed by atoms with Crippen LogP contribution in [-0.2, 0) is 30.5 Å². The highest BCUT2D eigenvalue weighted by atomic mass is 16.5. The molecule has 0 heterocycles. The monoisotopic (exact) mass is 1050 g/mol. The lowest BCUT2D eigenvalue weighted by atomic mass is 9.90. The number of hydrogen-bond acceptors (Lipinski definition) is 10. The number of urea groups is 1. The van der Waals surface area contributed by atoms with Gasteiger partial charge in [-0.1, -0.05) is 110 Å². The van der Waals surface area contributed by atoms with Crippen molar-refractivity contribution in [2.24, 2.45) is 16.5 Å². The van der Waals surface area contributed by atoms with Gasteiger partial charge in [-0.2, -0.15) is 4.99 Å². The number of aliphatic imine (C=N–C) groups is 1. The number of nitrogens with one attached hydrogen (secondary N) is 7. The van der Waals surface area contributed by atoms with Crippen LogP contribution in [0, 0.1) is 0 Å². The van der Waals surface area contributed by atoms with E-state index >= 15 is 0 Å². The molecule has 0 spiro atoms. The number of phenols is 1. The molecule has 0 aliphatic heterocycles. The van der Waals surface area contributed by atoms with E-state index in [-0.39, 0.29) is 68.6 Å². The molecule has 1 aliphatic rings. The van der Waals surface area contributed by atoms with E-state index in [9.17, 15) is 33.9 Å². The van der Waals surface area contributed by atoms with Gasteiger partial charge in [0, 0.05) is 45.1 Å². The molecule has 77 heavy (non-hydrogen) atoms. The normalized spacial score (nSPS) is 12.9. The summed E-state index contributed by atoms with van der Waals surface area (Å²) >= 11 is 0. The van der Waals surface area contributed by atoms with Gasteiger partial charge in [0.25, 0.3) is 0 Å². The number of carbonyl (C=O) groups is 6. The molecule has 1 unspecified atom stereocenters. The van der Waals surface area contributed by atoms with Crippen LogP contribution in [0.15, 0.2) is 132 Å². The fraction of sp³-hybridized carbons (Fsp3) is 0.362. The molecule has 0 saturated carbocycles. The molecule has 0 radical (unpaired) electrons. The molecule has 19 nitrogen and oxygen atoms in total. The molecule has 408 valence electrons. The average molecular weight is 1050 g/mol. The quantitative estimate of drug-likeness (QED) is 0.0160. The maximum Gasteiger partial charge on any atom is 0.407 e. The number of rotatable bonds is 29. The molecule has 0 aromatic heterocycles. The Hall–Kier alpha value is -8.45. The molecule has 0 fully saturated rings. The van der Waals surface area contributed by atoms with Crippen LogP contribution in [0.3, 0.4) is 0 Å². The zero-order valence-corrected chi connectivity index (χ0v) is 43.6. The Balaban J connectivity index is 1.01. The first kappa shape index (κ1) is 57.8. The summed E-state index contributed by atoms with van der Waals surface area (Å²) in [5.41, 5.74) is 18.2. The number of hydrogen-bond donors (Lipinski definition) is 10. The second-order valence-corrected chi connectivity index (χ2v) is 18.5. The van der Waals surface area contributed by atoms with Gasteiger partial charge < -0.3 is 63.3 Å². The highest BCUT2D eigenvalue weighted by Crippen LogP contribution is 2.44. The largest absolute Gasteiger partial charge is 0.508 e. The van der Waals surface area contributed by atoms with E-state index in [2.05, 4.69) is 66.5 Å². The molecular weight excluding hydrogens is 981 g/mol. The van der Waals surface area contributed by atoms with Crippen molar-refractivity contribution < 1.29 is 43.3 Å². The summed E-state index contributed by atoms with van der Waals surface area (Å²) in [7, 11) is 0. The van der Waals surface area contributed by atoms with Crippen LogP contribution >= 0.6 is 0 Å². The van der Waals surface area contributed by atoms with Gasteiger partial charge in [-0.05, 0) is 115 Å². The minimum Gasteiger partial charge on any atom is -0.508 e. The van der Waals surface area contributed by atoms with Gasteiger partial charge in [0.05, 0.1) is 12.5 Å². The molecular formula is C58H72N10O9. The van der Waals surface area contributed by atoms with Crippen molar-refractivity contribution >= 4 is 41.7 Å². The van der Waals surface area contributed by atoms with E-state index in [0.717, 1.165) is 27.8 Å². The Bertz CT molecular complexity index is 2710. The summed E-state index contributed by atoms with van der Waals surface area (Å²) in [6.45, 7) is 3.75. The van der Waals surface area contributed by atoms with E-state index in [1.165, 1.54) is 12.1 Å². The van der Waals surface area contributed by atoms with Gasteiger partial charge in [-0.25, -0.2) is 9.59 Å². The van der Waals surface area contributed by atoms with Gasteiger partial charge in [0.2, 0.25) is 23.6 Å². The molecule has 5 aromatic carbocycles. The molecule has 5 aromatic rings. The number of phenolic OH excluding ortho intramolecular Hbond substituents is 1. The van der Waals surface area contributed by atoms with Crippen molar-refractivity contribution in [3.63, 3.8) is 0 Å². The standard InChI is InChI=1S/C58H72N10O9/c1-2-51(70)61-33-34-64-57(74)68-56(60)63-32-15-25-49(54(72)65-37-39-26-28-42(69)29-27-39)66-55(73)52(40-16-4-3-5-17-40)41-18-14-19-43(36-41)76-35-13-12-31-62-53(71)50(24-10-11-30-59)67-58(75)77-38-48-46-22-8-6-20-44(46)45-21-7-9-23-47(45)48/h3-9,14,16-23,26-29,36,48-50,52,69H,2,10-13,15,24-25,30-35,37-38,59H2,1H3,(H,61,70)(H,62,71)(H,65,72)(H,66,73)(H,67,75)(H4,60,63,64,68,74)/t49-,50-,52?/m1/s1. The highest BCUT2D eigenvalue weighted by Gasteiger charge is 2.31. The maximum absolute atomic E-state index is 14.5. The molecule has 6 rings (SSSR count). The average Bonchev–Trinajstić information content (AvgIpc) is 3.78. The Morgan fingerprint density at radius 1 is 0.623 bits per heavy atom. The molecule has 12 N–H and O–H groups in total. The Labute approximate surface area is 449 Å². The predicted octanol–water partition coefficient (Wildman–Crippen LogP) is 5.56. The van der Waals surface area contributed by atoms with Crippen molar-refractivity contribution in [1.82, 2.24) is 37.2 Å². The smallest absolute Gasteiger partial charge is 0.407 e. The fourth-order valence-electron chi connectivity index (χ4n) is 8.88. The van der Waals surface area contributed by atoms with Crippen molar-refractivity contribution in [3.8, 4) is 22.6 Å². The van der Waals surface area contributed by atoms with Gasteiger partial charge in [-0.3, -0.25) is 19.2 Å². The van der Waals surface area contributed by atoms with E-state index < -0.39 is 41.9 Å². The summed E-state index contributed by atoms with van der Waals surface area (Å²) in [4.78, 5) is 82.4. The van der Waals surface area contributed by atoms with E-state index in [0.29, 0.717) is 81.5 Å². The highest BCUT2D eigenvalue weighted by molar-refractivity contribution is 5.93. The van der Waals surface area contributed by atoms with Crippen LogP contribution in [0.1, 0.15) is 97.9 Å². The van der Waals surface area contributed by atoms with Gasteiger partial charge in [0.15, 0.2) is 5.96 Å². The second-order valence-electron chi connectivity index (χ2n) is 18.5. The van der Waals surface area contributed by atoms with E-state index in [4.69, 9.17) is 20.9 Å². The first-order valence-electron chi connectivity index (χ1n) is 26.3. The third kappa shape index (κ3) is 18.4. The topological polar surface area (TPSA) is 290 Å². The first-order chi connectivity index (χ1) is 37.4. The number of fused-ring (bicyclic) bond motifs is 3. The van der Waals surface area contributed by atoms with Crippen molar-refractivity contribution in [3.05, 3.63) is 155 Å². The fourth-order valence-corrected chi connectivity index (χ4v) is 8.88. The van der Waals surface area contributed by atoms with E-state index in [1.54, 1.807) is 37.3 Å². The molecule has 1 aliphatic carbocycles. The summed E-state index contributed by atoms with van der Waals surface area (Å²) in [6, 6.07) is 36.5. The summed E-state index contributed by atoms with van der Waals surface area (Å²) in [5.74, 6) is -1.79. The van der Waals surface area contributed by atoms with Crippen molar-refractivity contribution in [2.75, 3.05) is 45.9 Å². The molecule has 7 amide bonds. The number of ether oxygens (including phenoxy) is 2. The van der Waals surface area contributed by atoms with Crippen LogP contribution in [0.2, 0.25) is 0 Å². The third-order valence-corrected chi connectivity index (χ3v) is 12.9. The van der Waals surface area contributed by atoms with E-state index in [1.807, 2.05) is 60.7 Å². The van der Waals surface area contributed by atoms with Crippen LogP contribution < -0.4 is 53.4 Å². The Morgan fingerprint density at radius 2 is 1.26 bits per heavy atom. The maximum atomic E-state index is 14.5. The SMILES string of the molecule is CCC(=O)NCCNC(=O)/N=C(/N)NCCC[C@@H](NC(=O)C(c1ccccc1)c1cccc(OCCCCNC(=O)[C@@H](CCCCN)NC(=O)OCC2c3ccccc3-c3ccccc32)c1)C(=O)NCc1ccc(O)cc1. The number of guanidine groups is 1.